The Labute approximate surface area is 109 Å². The molecule has 1 aromatic carbocycles. The predicted molar refractivity (Wildman–Crippen MR) is 73.4 cm³/mol. The predicted octanol–water partition coefficient (Wildman–Crippen LogP) is 0.789. The molecule has 0 amide bonds. The number of rotatable bonds is 3. The standard InChI is InChI=1S/C14H21N3O/c1-18-14-4-2-3-12(9-14)17-10-13(11-17)16-7-5-15-6-8-16/h2-4,9,13,15H,5-8,10-11H2,1H3. The van der Waals surface area contributed by atoms with Crippen molar-refractivity contribution in [2.24, 2.45) is 0 Å². The summed E-state index contributed by atoms with van der Waals surface area (Å²) in [4.78, 5) is 5.03. The van der Waals surface area contributed by atoms with Crippen LogP contribution in [0.5, 0.6) is 5.75 Å². The molecule has 0 saturated carbocycles. The average molecular weight is 247 g/mol. The first-order chi connectivity index (χ1) is 8.86. The van der Waals surface area contributed by atoms with E-state index in [9.17, 15) is 0 Å². The van der Waals surface area contributed by atoms with Crippen LogP contribution in [0.3, 0.4) is 0 Å². The van der Waals surface area contributed by atoms with Gasteiger partial charge in [-0.1, -0.05) is 6.07 Å². The Hall–Kier alpha value is -1.26. The summed E-state index contributed by atoms with van der Waals surface area (Å²) in [5.41, 5.74) is 1.28. The second kappa shape index (κ2) is 5.16. The zero-order valence-electron chi connectivity index (χ0n) is 10.9. The summed E-state index contributed by atoms with van der Waals surface area (Å²) in [6, 6.07) is 9.08. The quantitative estimate of drug-likeness (QED) is 0.854. The van der Waals surface area contributed by atoms with Crippen LogP contribution < -0.4 is 15.0 Å². The van der Waals surface area contributed by atoms with E-state index in [0.29, 0.717) is 0 Å². The third-order valence-electron chi connectivity index (χ3n) is 3.95. The van der Waals surface area contributed by atoms with Gasteiger partial charge in [-0.15, -0.1) is 0 Å². The molecule has 0 radical (unpaired) electrons. The molecule has 1 N–H and O–H groups in total. The SMILES string of the molecule is COc1cccc(N2CC(N3CCNCC3)C2)c1. The van der Waals surface area contributed by atoms with Gasteiger partial charge in [-0.05, 0) is 12.1 Å². The van der Waals surface area contributed by atoms with Gasteiger partial charge >= 0.3 is 0 Å². The van der Waals surface area contributed by atoms with Gasteiger partial charge in [0.25, 0.3) is 0 Å². The second-order valence-electron chi connectivity index (χ2n) is 5.05. The van der Waals surface area contributed by atoms with Crippen molar-refractivity contribution in [2.45, 2.75) is 6.04 Å². The van der Waals surface area contributed by atoms with Crippen LogP contribution in [0.25, 0.3) is 0 Å². The van der Waals surface area contributed by atoms with Crippen molar-refractivity contribution in [3.63, 3.8) is 0 Å². The van der Waals surface area contributed by atoms with Crippen LogP contribution in [0.4, 0.5) is 5.69 Å². The maximum atomic E-state index is 5.27. The number of benzene rings is 1. The Kier molecular flexibility index (Phi) is 3.39. The largest absolute Gasteiger partial charge is 0.497 e. The molecule has 1 aromatic rings. The van der Waals surface area contributed by atoms with Crippen molar-refractivity contribution >= 4 is 5.69 Å². The zero-order valence-corrected chi connectivity index (χ0v) is 10.9. The molecule has 0 atom stereocenters. The summed E-state index contributed by atoms with van der Waals surface area (Å²) in [7, 11) is 1.72. The average Bonchev–Trinajstić information content (AvgIpc) is 2.39. The van der Waals surface area contributed by atoms with E-state index in [2.05, 4.69) is 33.3 Å². The fourth-order valence-corrected chi connectivity index (χ4v) is 2.75. The molecule has 4 heteroatoms. The highest BCUT2D eigenvalue weighted by atomic mass is 16.5. The summed E-state index contributed by atoms with van der Waals surface area (Å²) in [6.07, 6.45) is 0. The second-order valence-corrected chi connectivity index (χ2v) is 5.05. The van der Waals surface area contributed by atoms with Gasteiger partial charge in [0.1, 0.15) is 5.75 Å². The van der Waals surface area contributed by atoms with Gasteiger partial charge in [-0.2, -0.15) is 0 Å². The smallest absolute Gasteiger partial charge is 0.120 e. The Morgan fingerprint density at radius 3 is 2.72 bits per heavy atom. The van der Waals surface area contributed by atoms with Gasteiger partial charge in [-0.3, -0.25) is 4.90 Å². The molecule has 0 unspecified atom stereocenters. The van der Waals surface area contributed by atoms with E-state index in [1.165, 1.54) is 18.8 Å². The number of hydrogen-bond acceptors (Lipinski definition) is 4. The van der Waals surface area contributed by atoms with E-state index in [0.717, 1.165) is 38.0 Å². The van der Waals surface area contributed by atoms with Gasteiger partial charge in [0, 0.05) is 57.1 Å². The molecule has 4 nitrogen and oxygen atoms in total. The molecule has 0 spiro atoms. The number of nitrogens with one attached hydrogen (secondary N) is 1. The zero-order chi connectivity index (χ0) is 12.4. The van der Waals surface area contributed by atoms with Crippen molar-refractivity contribution in [3.8, 4) is 5.75 Å². The molecule has 18 heavy (non-hydrogen) atoms. The Bertz CT molecular complexity index is 398. The van der Waals surface area contributed by atoms with Crippen molar-refractivity contribution in [1.82, 2.24) is 10.2 Å². The van der Waals surface area contributed by atoms with Crippen molar-refractivity contribution < 1.29 is 4.74 Å². The van der Waals surface area contributed by atoms with Gasteiger partial charge in [-0.25, -0.2) is 0 Å². The third-order valence-corrected chi connectivity index (χ3v) is 3.95. The highest BCUT2D eigenvalue weighted by Crippen LogP contribution is 2.26. The van der Waals surface area contributed by atoms with E-state index in [4.69, 9.17) is 4.74 Å². The highest BCUT2D eigenvalue weighted by Gasteiger charge is 2.32. The maximum Gasteiger partial charge on any atom is 0.120 e. The first kappa shape index (κ1) is 11.8. The molecule has 0 aliphatic carbocycles. The van der Waals surface area contributed by atoms with Gasteiger partial charge in [0.05, 0.1) is 7.11 Å². The van der Waals surface area contributed by atoms with Crippen LogP contribution in [0.1, 0.15) is 0 Å². The van der Waals surface area contributed by atoms with Gasteiger partial charge in [0.2, 0.25) is 0 Å². The lowest BCUT2D eigenvalue weighted by molar-refractivity contribution is 0.147. The van der Waals surface area contributed by atoms with Gasteiger partial charge in [0.15, 0.2) is 0 Å². The molecular formula is C14H21N3O. The molecule has 2 aliphatic rings. The van der Waals surface area contributed by atoms with Crippen LogP contribution in [-0.4, -0.2) is 57.3 Å². The summed E-state index contributed by atoms with van der Waals surface area (Å²) >= 11 is 0. The molecule has 3 rings (SSSR count). The normalized spacial score (nSPS) is 21.7. The summed E-state index contributed by atoms with van der Waals surface area (Å²) < 4.78 is 5.27. The number of hydrogen-bond donors (Lipinski definition) is 1. The molecule has 98 valence electrons. The molecule has 2 heterocycles. The van der Waals surface area contributed by atoms with Crippen LogP contribution in [0, 0.1) is 0 Å². The molecule has 0 bridgehead atoms. The minimum absolute atomic E-state index is 0.735. The minimum Gasteiger partial charge on any atom is -0.497 e. The van der Waals surface area contributed by atoms with E-state index in [1.54, 1.807) is 7.11 Å². The first-order valence-corrected chi connectivity index (χ1v) is 6.70. The number of ether oxygens (including phenoxy) is 1. The number of methoxy groups -OCH3 is 1. The van der Waals surface area contributed by atoms with Crippen LogP contribution >= 0.6 is 0 Å². The summed E-state index contributed by atoms with van der Waals surface area (Å²) in [5.74, 6) is 0.943. The van der Waals surface area contributed by atoms with Crippen LogP contribution in [0.2, 0.25) is 0 Å². The molecule has 2 aliphatic heterocycles. The van der Waals surface area contributed by atoms with Gasteiger partial charge < -0.3 is 15.0 Å². The topological polar surface area (TPSA) is 27.7 Å². The maximum absolute atomic E-state index is 5.27. The fourth-order valence-electron chi connectivity index (χ4n) is 2.75. The van der Waals surface area contributed by atoms with Crippen molar-refractivity contribution in [2.75, 3.05) is 51.3 Å². The number of piperazine rings is 1. The Morgan fingerprint density at radius 1 is 1.22 bits per heavy atom. The van der Waals surface area contributed by atoms with Crippen molar-refractivity contribution in [1.29, 1.82) is 0 Å². The van der Waals surface area contributed by atoms with Crippen LogP contribution in [-0.2, 0) is 0 Å². The van der Waals surface area contributed by atoms with E-state index in [1.807, 2.05) is 6.07 Å². The number of nitrogens with zero attached hydrogens (tertiary/aromatic N) is 2. The lowest BCUT2D eigenvalue weighted by atomic mass is 10.0. The molecule has 0 aromatic heterocycles. The van der Waals surface area contributed by atoms with E-state index >= 15 is 0 Å². The third kappa shape index (κ3) is 2.31. The van der Waals surface area contributed by atoms with E-state index < -0.39 is 0 Å². The molecular weight excluding hydrogens is 226 g/mol. The first-order valence-electron chi connectivity index (χ1n) is 6.70. The molecule has 2 saturated heterocycles. The summed E-state index contributed by atoms with van der Waals surface area (Å²) in [5, 5.41) is 3.40. The lowest BCUT2D eigenvalue weighted by Crippen LogP contribution is -2.62. The Morgan fingerprint density at radius 2 is 2.00 bits per heavy atom. The molecule has 2 fully saturated rings. The monoisotopic (exact) mass is 247 g/mol. The van der Waals surface area contributed by atoms with Crippen LogP contribution in [0.15, 0.2) is 24.3 Å². The minimum atomic E-state index is 0.735. The summed E-state index contributed by atoms with van der Waals surface area (Å²) in [6.45, 7) is 6.94. The van der Waals surface area contributed by atoms with Crippen molar-refractivity contribution in [3.05, 3.63) is 24.3 Å². The highest BCUT2D eigenvalue weighted by molar-refractivity contribution is 5.53. The van der Waals surface area contributed by atoms with E-state index in [-0.39, 0.29) is 0 Å². The number of anilines is 1. The Balaban J connectivity index is 1.57. The fraction of sp³-hybridized carbons (Fsp3) is 0.571. The lowest BCUT2D eigenvalue weighted by Gasteiger charge is -2.48.